The van der Waals surface area contributed by atoms with E-state index < -0.39 is 73.9 Å². The van der Waals surface area contributed by atoms with E-state index >= 15 is 0 Å². The minimum atomic E-state index is -4.00. The molecule has 17 heteroatoms. The van der Waals surface area contributed by atoms with Crippen LogP contribution >= 0.6 is 27.3 Å². The highest BCUT2D eigenvalue weighted by atomic mass is 79.9. The fourth-order valence-electron chi connectivity index (χ4n) is 7.16. The highest BCUT2D eigenvalue weighted by Crippen LogP contribution is 2.47. The molecule has 2 aliphatic heterocycles. The maximum Gasteiger partial charge on any atom is 0.262 e. The summed E-state index contributed by atoms with van der Waals surface area (Å²) in [6, 6.07) is 3.93. The van der Waals surface area contributed by atoms with Gasteiger partial charge in [0.15, 0.2) is 0 Å². The Bertz CT molecular complexity index is 2180. The molecule has 3 aromatic rings. The second kappa shape index (κ2) is 14.6. The van der Waals surface area contributed by atoms with Gasteiger partial charge in [0, 0.05) is 27.8 Å². The molecule has 5 atom stereocenters. The smallest absolute Gasteiger partial charge is 0.262 e. The molecular weight excluding hydrogens is 803 g/mol. The number of sulfonamides is 1. The summed E-state index contributed by atoms with van der Waals surface area (Å²) in [6.45, 7) is 5.08. The molecule has 4 amide bonds. The maximum absolute atomic E-state index is 14.5. The van der Waals surface area contributed by atoms with Gasteiger partial charge in [-0.2, -0.15) is 0 Å². The lowest BCUT2D eigenvalue weighted by molar-refractivity contribution is -0.141. The van der Waals surface area contributed by atoms with Gasteiger partial charge in [-0.1, -0.05) is 25.0 Å². The van der Waals surface area contributed by atoms with Gasteiger partial charge >= 0.3 is 0 Å². The lowest BCUT2D eigenvalue weighted by atomic mass is 10.0. The van der Waals surface area contributed by atoms with Crippen LogP contribution in [0.15, 0.2) is 40.9 Å². The van der Waals surface area contributed by atoms with Gasteiger partial charge in [0.05, 0.1) is 21.7 Å². The molecule has 4 heterocycles. The standard InChI is InChI=1S/C37H42BrFN6O7S2/c1-20-11-12-29(53-20)32(47)41-26-10-8-6-4-5-7-9-22-18-37(22,35(49)44-54(50,51)36(3)13-14-36)43-31(46)28-17-24(19-45(28)34(26)48)52-33-21(2)40-30-25(38)15-23(39)16-27(30)42-33/h7,9,11-12,15-16,22,24,26,28H,4-6,8,10,13-14,17-19H2,1-3H3,(H,41,47)(H,43,46)(H,44,49)/b9-7-/t22-,24-,26+,28+,37-/m1/s1. The first kappa shape index (κ1) is 38.3. The van der Waals surface area contributed by atoms with E-state index in [9.17, 15) is 32.0 Å². The van der Waals surface area contributed by atoms with Crippen molar-refractivity contribution in [2.45, 2.75) is 107 Å². The van der Waals surface area contributed by atoms with Crippen molar-refractivity contribution in [2.75, 3.05) is 6.54 Å². The minimum Gasteiger partial charge on any atom is -0.471 e. The number of ether oxygens (including phenoxy) is 1. The molecule has 288 valence electrons. The van der Waals surface area contributed by atoms with Crippen molar-refractivity contribution in [1.82, 2.24) is 30.2 Å². The first-order valence-corrected chi connectivity index (χ1v) is 21.2. The molecule has 2 saturated carbocycles. The Morgan fingerprint density at radius 3 is 2.63 bits per heavy atom. The van der Waals surface area contributed by atoms with Crippen LogP contribution in [-0.4, -0.2) is 81.9 Å². The quantitative estimate of drug-likeness (QED) is 0.284. The number of amides is 4. The van der Waals surface area contributed by atoms with E-state index in [0.29, 0.717) is 52.7 Å². The van der Waals surface area contributed by atoms with Gasteiger partial charge in [-0.15, -0.1) is 11.3 Å². The summed E-state index contributed by atoms with van der Waals surface area (Å²) in [7, 11) is -4.00. The Morgan fingerprint density at radius 1 is 1.13 bits per heavy atom. The van der Waals surface area contributed by atoms with Crippen molar-refractivity contribution in [2.24, 2.45) is 5.92 Å². The molecule has 13 nitrogen and oxygen atoms in total. The molecule has 7 rings (SSSR count). The average Bonchev–Trinajstić information content (AvgIpc) is 3.91. The molecule has 54 heavy (non-hydrogen) atoms. The largest absolute Gasteiger partial charge is 0.471 e. The van der Waals surface area contributed by atoms with Crippen LogP contribution in [0, 0.1) is 25.6 Å². The minimum absolute atomic E-state index is 0.0110. The van der Waals surface area contributed by atoms with Crippen molar-refractivity contribution >= 4 is 72.0 Å². The van der Waals surface area contributed by atoms with E-state index in [-0.39, 0.29) is 30.8 Å². The SMILES string of the molecule is Cc1ccc(C(=O)N[C@H]2CCCCC/C=C\[C@@H]3C[C@@]3(C(=O)NS(=O)(=O)C3(C)CC3)NC(=O)[C@@H]3C[C@@H](Oc4nc5cc(F)cc(Br)c5nc4C)CN3C2=O)s1. The Hall–Kier alpha value is -3.96. The highest BCUT2D eigenvalue weighted by Gasteiger charge is 2.63. The second-order valence-corrected chi connectivity index (χ2v) is 19.3. The van der Waals surface area contributed by atoms with E-state index in [2.05, 4.69) is 41.3 Å². The molecule has 3 fully saturated rings. The Balaban J connectivity index is 1.20. The molecule has 0 unspecified atom stereocenters. The van der Waals surface area contributed by atoms with Crippen LogP contribution in [0.5, 0.6) is 5.88 Å². The summed E-state index contributed by atoms with van der Waals surface area (Å²) in [5.74, 6) is -3.24. The fraction of sp³-hybridized carbons (Fsp3) is 0.514. The van der Waals surface area contributed by atoms with Crippen LogP contribution in [0.25, 0.3) is 11.0 Å². The molecular formula is C37H42BrFN6O7S2. The Kier molecular flexibility index (Phi) is 10.4. The summed E-state index contributed by atoms with van der Waals surface area (Å²) in [4.78, 5) is 67.9. The summed E-state index contributed by atoms with van der Waals surface area (Å²) >= 11 is 4.63. The predicted octanol–water partition coefficient (Wildman–Crippen LogP) is 4.75. The number of nitrogens with one attached hydrogen (secondary N) is 3. The zero-order valence-corrected chi connectivity index (χ0v) is 33.3. The van der Waals surface area contributed by atoms with Crippen molar-refractivity contribution in [3.8, 4) is 5.88 Å². The van der Waals surface area contributed by atoms with E-state index in [4.69, 9.17) is 4.74 Å². The van der Waals surface area contributed by atoms with Gasteiger partial charge in [-0.25, -0.2) is 22.8 Å². The number of allylic oxidation sites excluding steroid dienone is 1. The van der Waals surface area contributed by atoms with Crippen molar-refractivity contribution in [3.63, 3.8) is 0 Å². The molecule has 0 bridgehead atoms. The van der Waals surface area contributed by atoms with Gasteiger partial charge in [0.2, 0.25) is 27.7 Å². The van der Waals surface area contributed by atoms with Crippen LogP contribution in [-0.2, 0) is 24.4 Å². The first-order valence-electron chi connectivity index (χ1n) is 18.1. The van der Waals surface area contributed by atoms with Crippen molar-refractivity contribution in [1.29, 1.82) is 0 Å². The molecule has 2 aromatic heterocycles. The second-order valence-electron chi connectivity index (χ2n) is 15.0. The third-order valence-electron chi connectivity index (χ3n) is 10.8. The number of thiophene rings is 1. The molecule has 0 radical (unpaired) electrons. The summed E-state index contributed by atoms with van der Waals surface area (Å²) in [5, 5.41) is 5.77. The Morgan fingerprint density at radius 2 is 1.91 bits per heavy atom. The number of hydrogen-bond acceptors (Lipinski definition) is 10. The number of benzene rings is 1. The summed E-state index contributed by atoms with van der Waals surface area (Å²) < 4.78 is 48.5. The Labute approximate surface area is 325 Å². The normalized spacial score (nSPS) is 27.5. The molecule has 1 saturated heterocycles. The lowest BCUT2D eigenvalue weighted by Gasteiger charge is -2.30. The number of halogens is 2. The summed E-state index contributed by atoms with van der Waals surface area (Å²) in [6.07, 6.45) is 7.23. The number of hydrogen-bond donors (Lipinski definition) is 3. The lowest BCUT2D eigenvalue weighted by Crippen LogP contribution is -2.58. The van der Waals surface area contributed by atoms with Gasteiger partial charge in [0.25, 0.3) is 11.8 Å². The van der Waals surface area contributed by atoms with Crippen LogP contribution in [0.2, 0.25) is 0 Å². The highest BCUT2D eigenvalue weighted by molar-refractivity contribution is 9.10. The maximum atomic E-state index is 14.5. The fourth-order valence-corrected chi connectivity index (χ4v) is 9.75. The summed E-state index contributed by atoms with van der Waals surface area (Å²) in [5.41, 5.74) is -0.460. The molecule has 4 aliphatic rings. The van der Waals surface area contributed by atoms with Crippen LogP contribution < -0.4 is 20.1 Å². The molecule has 0 spiro atoms. The number of carbonyl (C=O) groups is 4. The van der Waals surface area contributed by atoms with Gasteiger partial charge in [0.1, 0.15) is 40.8 Å². The number of carbonyl (C=O) groups excluding carboxylic acids is 4. The third-order valence-corrected chi connectivity index (χ3v) is 14.6. The average molecular weight is 846 g/mol. The zero-order chi connectivity index (χ0) is 38.6. The predicted molar refractivity (Wildman–Crippen MR) is 203 cm³/mol. The van der Waals surface area contributed by atoms with Gasteiger partial charge in [-0.05, 0) is 93.4 Å². The number of fused-ring (bicyclic) bond motifs is 3. The van der Waals surface area contributed by atoms with E-state index in [0.717, 1.165) is 17.7 Å². The third kappa shape index (κ3) is 7.63. The first-order chi connectivity index (χ1) is 25.6. The number of nitrogens with zero attached hydrogens (tertiary/aromatic N) is 3. The topological polar surface area (TPSA) is 177 Å². The van der Waals surface area contributed by atoms with Gasteiger partial charge in [-0.3, -0.25) is 23.9 Å². The zero-order valence-electron chi connectivity index (χ0n) is 30.1. The van der Waals surface area contributed by atoms with Crippen LogP contribution in [0.3, 0.4) is 0 Å². The molecule has 1 aromatic carbocycles. The molecule has 2 aliphatic carbocycles. The van der Waals surface area contributed by atoms with E-state index in [1.807, 2.05) is 25.1 Å². The van der Waals surface area contributed by atoms with Crippen molar-refractivity contribution < 1.29 is 36.7 Å². The van der Waals surface area contributed by atoms with Crippen molar-refractivity contribution in [3.05, 3.63) is 62.2 Å². The van der Waals surface area contributed by atoms with E-state index in [1.54, 1.807) is 19.9 Å². The van der Waals surface area contributed by atoms with Crippen LogP contribution in [0.4, 0.5) is 4.39 Å². The molecule has 3 N–H and O–H groups in total. The number of aryl methyl sites for hydroxylation is 2. The monoisotopic (exact) mass is 844 g/mol. The number of rotatable bonds is 7. The van der Waals surface area contributed by atoms with Crippen LogP contribution in [0.1, 0.15) is 85.0 Å². The van der Waals surface area contributed by atoms with Gasteiger partial charge < -0.3 is 20.3 Å². The number of aromatic nitrogens is 2. The van der Waals surface area contributed by atoms with E-state index in [1.165, 1.54) is 28.4 Å².